The molecule has 0 aliphatic heterocycles. The summed E-state index contributed by atoms with van der Waals surface area (Å²) < 4.78 is 41.2. The Balaban J connectivity index is 1.94. The van der Waals surface area contributed by atoms with Crippen molar-refractivity contribution >= 4 is 5.95 Å². The van der Waals surface area contributed by atoms with Gasteiger partial charge in [0.1, 0.15) is 0 Å². The molecule has 5 nitrogen and oxygen atoms in total. The van der Waals surface area contributed by atoms with Crippen molar-refractivity contribution in [2.24, 2.45) is 7.05 Å². The molecule has 0 bridgehead atoms. The van der Waals surface area contributed by atoms with Crippen LogP contribution in [0.1, 0.15) is 17.0 Å². The molecule has 0 saturated carbocycles. The zero-order valence-electron chi connectivity index (χ0n) is 13.7. The summed E-state index contributed by atoms with van der Waals surface area (Å²) in [5.41, 5.74) is 1.61. The molecule has 0 atom stereocenters. The zero-order chi connectivity index (χ0) is 18.0. The number of hydrogen-bond donors (Lipinski definition) is 1. The van der Waals surface area contributed by atoms with E-state index in [-0.39, 0.29) is 18.2 Å². The third-order valence-corrected chi connectivity index (χ3v) is 3.86. The predicted molar refractivity (Wildman–Crippen MR) is 87.7 cm³/mol. The molecule has 0 fully saturated rings. The topological polar surface area (TPSA) is 55.6 Å². The van der Waals surface area contributed by atoms with Gasteiger partial charge in [-0.25, -0.2) is 9.97 Å². The number of benzene rings is 1. The van der Waals surface area contributed by atoms with Crippen LogP contribution in [-0.4, -0.2) is 19.7 Å². The van der Waals surface area contributed by atoms with E-state index in [4.69, 9.17) is 0 Å². The van der Waals surface area contributed by atoms with Gasteiger partial charge in [0.25, 0.3) is 0 Å². The molecule has 130 valence electrons. The van der Waals surface area contributed by atoms with Crippen molar-refractivity contribution in [2.75, 3.05) is 5.32 Å². The van der Waals surface area contributed by atoms with Crippen LogP contribution in [0.2, 0.25) is 0 Å². The van der Waals surface area contributed by atoms with Crippen LogP contribution in [0.15, 0.2) is 42.6 Å². The van der Waals surface area contributed by atoms with Gasteiger partial charge in [-0.15, -0.1) is 0 Å². The molecule has 2 heterocycles. The molecule has 1 aromatic carbocycles. The number of anilines is 1. The Morgan fingerprint density at radius 2 is 1.84 bits per heavy atom. The van der Waals surface area contributed by atoms with Crippen LogP contribution in [0, 0.1) is 6.92 Å². The van der Waals surface area contributed by atoms with Crippen LogP contribution in [0.4, 0.5) is 19.1 Å². The summed E-state index contributed by atoms with van der Waals surface area (Å²) in [6, 6.07) is 9.65. The number of rotatable bonds is 4. The minimum atomic E-state index is -4.55. The van der Waals surface area contributed by atoms with Gasteiger partial charge in [-0.3, -0.25) is 4.68 Å². The van der Waals surface area contributed by atoms with Crippen molar-refractivity contribution in [3.8, 4) is 11.3 Å². The van der Waals surface area contributed by atoms with Gasteiger partial charge in [0, 0.05) is 30.4 Å². The lowest BCUT2D eigenvalue weighted by Gasteiger charge is -2.12. The molecule has 3 rings (SSSR count). The van der Waals surface area contributed by atoms with Gasteiger partial charge in [-0.1, -0.05) is 30.3 Å². The van der Waals surface area contributed by atoms with Crippen LogP contribution in [0.3, 0.4) is 0 Å². The normalized spacial score (nSPS) is 11.6. The lowest BCUT2D eigenvalue weighted by atomic mass is 10.1. The maximum Gasteiger partial charge on any atom is 0.433 e. The molecule has 0 aliphatic rings. The molecule has 0 aliphatic carbocycles. The number of aromatic nitrogens is 4. The number of aryl methyl sites for hydroxylation is 1. The molecule has 0 spiro atoms. The molecular weight excluding hydrogens is 331 g/mol. The summed E-state index contributed by atoms with van der Waals surface area (Å²) in [5.74, 6) is -0.0723. The van der Waals surface area contributed by atoms with E-state index in [9.17, 15) is 13.2 Å². The molecule has 0 saturated heterocycles. The Bertz CT molecular complexity index is 872. The van der Waals surface area contributed by atoms with Gasteiger partial charge in [0.2, 0.25) is 5.95 Å². The lowest BCUT2D eigenvalue weighted by molar-refractivity contribution is -0.141. The fourth-order valence-corrected chi connectivity index (χ4v) is 2.32. The monoisotopic (exact) mass is 347 g/mol. The fraction of sp³-hybridized carbons (Fsp3) is 0.235. The van der Waals surface area contributed by atoms with Crippen molar-refractivity contribution in [1.82, 2.24) is 19.7 Å². The second-order valence-electron chi connectivity index (χ2n) is 5.56. The maximum absolute atomic E-state index is 13.2. The van der Waals surface area contributed by atoms with E-state index in [2.05, 4.69) is 20.4 Å². The molecule has 3 aromatic rings. The van der Waals surface area contributed by atoms with Crippen LogP contribution in [-0.2, 0) is 19.8 Å². The van der Waals surface area contributed by atoms with Gasteiger partial charge >= 0.3 is 6.18 Å². The third kappa shape index (κ3) is 3.78. The summed E-state index contributed by atoms with van der Waals surface area (Å²) in [7, 11) is 1.80. The summed E-state index contributed by atoms with van der Waals surface area (Å²) in [6.45, 7) is 2.17. The smallest absolute Gasteiger partial charge is 0.350 e. The summed E-state index contributed by atoms with van der Waals surface area (Å²) in [6.07, 6.45) is -2.89. The molecule has 2 aromatic heterocycles. The minimum absolute atomic E-state index is 0.0723. The highest BCUT2D eigenvalue weighted by Crippen LogP contribution is 2.31. The van der Waals surface area contributed by atoms with E-state index in [0.29, 0.717) is 5.56 Å². The van der Waals surface area contributed by atoms with Gasteiger partial charge in [0.15, 0.2) is 5.69 Å². The van der Waals surface area contributed by atoms with Gasteiger partial charge in [-0.2, -0.15) is 18.3 Å². The Morgan fingerprint density at radius 3 is 2.44 bits per heavy atom. The number of nitrogens with one attached hydrogen (secondary N) is 1. The van der Waals surface area contributed by atoms with Crippen molar-refractivity contribution in [3.05, 3.63) is 59.5 Å². The minimum Gasteiger partial charge on any atom is -0.350 e. The van der Waals surface area contributed by atoms with E-state index in [1.54, 1.807) is 48.3 Å². The predicted octanol–water partition coefficient (Wildman–Crippen LogP) is 3.82. The van der Waals surface area contributed by atoms with Gasteiger partial charge in [0.05, 0.1) is 11.9 Å². The quantitative estimate of drug-likeness (QED) is 0.780. The largest absolute Gasteiger partial charge is 0.433 e. The van der Waals surface area contributed by atoms with Crippen LogP contribution in [0.25, 0.3) is 11.3 Å². The van der Waals surface area contributed by atoms with Crippen LogP contribution in [0.5, 0.6) is 0 Å². The first-order valence-electron chi connectivity index (χ1n) is 7.57. The summed E-state index contributed by atoms with van der Waals surface area (Å²) in [5, 5.41) is 6.97. The Morgan fingerprint density at radius 1 is 1.12 bits per heavy atom. The average molecular weight is 347 g/mol. The Kier molecular flexibility index (Phi) is 4.43. The first kappa shape index (κ1) is 16.9. The van der Waals surface area contributed by atoms with Crippen LogP contribution >= 0.6 is 0 Å². The third-order valence-electron chi connectivity index (χ3n) is 3.86. The lowest BCUT2D eigenvalue weighted by Crippen LogP contribution is -2.13. The number of nitrogens with zero attached hydrogens (tertiary/aromatic N) is 4. The average Bonchev–Trinajstić information content (AvgIpc) is 2.91. The number of hydrogen-bond acceptors (Lipinski definition) is 4. The first-order valence-corrected chi connectivity index (χ1v) is 7.57. The van der Waals surface area contributed by atoms with E-state index in [1.807, 2.05) is 6.92 Å². The van der Waals surface area contributed by atoms with Crippen LogP contribution < -0.4 is 5.32 Å². The van der Waals surface area contributed by atoms with E-state index in [0.717, 1.165) is 17.3 Å². The molecule has 1 N–H and O–H groups in total. The Labute approximate surface area is 142 Å². The summed E-state index contributed by atoms with van der Waals surface area (Å²) in [4.78, 5) is 7.83. The van der Waals surface area contributed by atoms with Crippen molar-refractivity contribution in [1.29, 1.82) is 0 Å². The second-order valence-corrected chi connectivity index (χ2v) is 5.56. The van der Waals surface area contributed by atoms with E-state index in [1.165, 1.54) is 0 Å². The molecule has 0 unspecified atom stereocenters. The van der Waals surface area contributed by atoms with E-state index < -0.39 is 11.9 Å². The standard InChI is InChI=1S/C17H16F3N5/c1-11-13(10-22-25(11)2)9-21-16-23-14(12-6-4-3-5-7-12)8-15(24-16)17(18,19)20/h3-8,10H,9H2,1-2H3,(H,21,23,24). The van der Waals surface area contributed by atoms with Crippen molar-refractivity contribution < 1.29 is 13.2 Å². The van der Waals surface area contributed by atoms with Gasteiger partial charge < -0.3 is 5.32 Å². The van der Waals surface area contributed by atoms with Crippen molar-refractivity contribution in [3.63, 3.8) is 0 Å². The van der Waals surface area contributed by atoms with Gasteiger partial charge in [-0.05, 0) is 13.0 Å². The first-order chi connectivity index (χ1) is 11.8. The zero-order valence-corrected chi connectivity index (χ0v) is 13.7. The fourth-order valence-electron chi connectivity index (χ4n) is 2.32. The maximum atomic E-state index is 13.2. The Hall–Kier alpha value is -2.90. The molecule has 8 heteroatoms. The number of halogens is 3. The highest BCUT2D eigenvalue weighted by Gasteiger charge is 2.33. The number of alkyl halides is 3. The molecular formula is C17H16F3N5. The molecule has 25 heavy (non-hydrogen) atoms. The molecule has 0 radical (unpaired) electrons. The SMILES string of the molecule is Cc1c(CNc2nc(-c3ccccc3)cc(C(F)(F)F)n2)cnn1C. The molecule has 0 amide bonds. The van der Waals surface area contributed by atoms with E-state index >= 15 is 0 Å². The second kappa shape index (κ2) is 6.54. The highest BCUT2D eigenvalue weighted by atomic mass is 19.4. The highest BCUT2D eigenvalue weighted by molar-refractivity contribution is 5.60. The van der Waals surface area contributed by atoms with Crippen molar-refractivity contribution in [2.45, 2.75) is 19.6 Å². The summed E-state index contributed by atoms with van der Waals surface area (Å²) >= 11 is 0.